The van der Waals surface area contributed by atoms with Gasteiger partial charge in [0.2, 0.25) is 0 Å². The second-order valence-corrected chi connectivity index (χ2v) is 20.9. The standard InChI is InChI=1S/C69H118O6/c1-4-7-10-13-16-19-21-23-25-27-29-30-31-32-33-34-35-36-37-38-39-40-41-43-44-46-48-50-53-56-59-62-68(71)74-65-66(64-73-67(70)61-58-55-52-18-15-12-9-6-3)75-69(72)63-60-57-54-51-49-47-45-42-28-26-24-22-20-17-14-11-8-5-2/h7,10,16,19,23,25-26,28-30,32-33,35-36,38-39,66H,4-6,8-9,11-15,17-18,20-22,24,27,31,34,37,40-65H2,1-3H3/b10-7-,19-16-,25-23-,28-26-,30-29-,33-32-,36-35-,39-38-. The van der Waals surface area contributed by atoms with Crippen LogP contribution in [0, 0.1) is 0 Å². The molecule has 0 saturated carbocycles. The van der Waals surface area contributed by atoms with Crippen LogP contribution in [0.3, 0.4) is 0 Å². The molecule has 0 spiro atoms. The summed E-state index contributed by atoms with van der Waals surface area (Å²) >= 11 is 0. The highest BCUT2D eigenvalue weighted by Gasteiger charge is 2.19. The van der Waals surface area contributed by atoms with Gasteiger partial charge in [0.15, 0.2) is 6.10 Å². The monoisotopic (exact) mass is 1040 g/mol. The topological polar surface area (TPSA) is 78.9 Å². The molecule has 0 N–H and O–H groups in total. The normalized spacial score (nSPS) is 12.7. The average molecular weight is 1040 g/mol. The molecule has 0 fully saturated rings. The second-order valence-electron chi connectivity index (χ2n) is 20.9. The molecule has 0 heterocycles. The van der Waals surface area contributed by atoms with Gasteiger partial charge in [-0.2, -0.15) is 0 Å². The zero-order chi connectivity index (χ0) is 54.3. The maximum atomic E-state index is 12.9. The summed E-state index contributed by atoms with van der Waals surface area (Å²) in [5.41, 5.74) is 0. The summed E-state index contributed by atoms with van der Waals surface area (Å²) in [5.74, 6) is -0.886. The molecule has 0 aromatic rings. The van der Waals surface area contributed by atoms with Crippen LogP contribution in [0.2, 0.25) is 0 Å². The number of esters is 3. The lowest BCUT2D eigenvalue weighted by Gasteiger charge is -2.18. The predicted molar refractivity (Wildman–Crippen MR) is 325 cm³/mol. The van der Waals surface area contributed by atoms with Crippen LogP contribution in [0.4, 0.5) is 0 Å². The lowest BCUT2D eigenvalue weighted by molar-refractivity contribution is -0.167. The van der Waals surface area contributed by atoms with E-state index in [1.807, 2.05) is 0 Å². The van der Waals surface area contributed by atoms with Gasteiger partial charge in [-0.25, -0.2) is 0 Å². The van der Waals surface area contributed by atoms with Gasteiger partial charge in [0, 0.05) is 19.3 Å². The predicted octanol–water partition coefficient (Wildman–Crippen LogP) is 21.7. The highest BCUT2D eigenvalue weighted by Crippen LogP contribution is 2.16. The third kappa shape index (κ3) is 61.1. The van der Waals surface area contributed by atoms with E-state index < -0.39 is 6.10 Å². The van der Waals surface area contributed by atoms with Crippen molar-refractivity contribution >= 4 is 17.9 Å². The SMILES string of the molecule is CC/C=C\C/C=C\C/C=C\C/C=C\C/C=C\C/C=C\C/C=C\CCCCCCCCCCCC(=O)OCC(COC(=O)CCCCCCCCCC)OC(=O)CCCCCCCCC/C=C\CCCCCCCCC. The molecule has 430 valence electrons. The van der Waals surface area contributed by atoms with Crippen molar-refractivity contribution in [3.05, 3.63) is 97.2 Å². The van der Waals surface area contributed by atoms with Gasteiger partial charge in [0.1, 0.15) is 13.2 Å². The van der Waals surface area contributed by atoms with E-state index in [9.17, 15) is 14.4 Å². The molecule has 75 heavy (non-hydrogen) atoms. The molecular weight excluding hydrogens is 925 g/mol. The first-order valence-corrected chi connectivity index (χ1v) is 31.7. The molecule has 0 bridgehead atoms. The van der Waals surface area contributed by atoms with Gasteiger partial charge in [0.05, 0.1) is 0 Å². The van der Waals surface area contributed by atoms with Crippen molar-refractivity contribution in [3.63, 3.8) is 0 Å². The van der Waals surface area contributed by atoms with Crippen LogP contribution in [0.1, 0.15) is 303 Å². The van der Waals surface area contributed by atoms with Crippen LogP contribution in [0.5, 0.6) is 0 Å². The molecule has 1 atom stereocenters. The number of unbranched alkanes of at least 4 members (excludes halogenated alkanes) is 30. The molecule has 6 heteroatoms. The zero-order valence-corrected chi connectivity index (χ0v) is 49.3. The fraction of sp³-hybridized carbons (Fsp3) is 0.725. The second kappa shape index (κ2) is 62.9. The summed E-state index contributed by atoms with van der Waals surface area (Å²) < 4.78 is 16.8. The lowest BCUT2D eigenvalue weighted by Crippen LogP contribution is -2.30. The van der Waals surface area contributed by atoms with Crippen LogP contribution in [-0.2, 0) is 28.6 Å². The van der Waals surface area contributed by atoms with Crippen molar-refractivity contribution in [3.8, 4) is 0 Å². The minimum absolute atomic E-state index is 0.0784. The maximum absolute atomic E-state index is 12.9. The van der Waals surface area contributed by atoms with Crippen LogP contribution >= 0.6 is 0 Å². The molecule has 0 aliphatic heterocycles. The molecule has 6 nitrogen and oxygen atoms in total. The lowest BCUT2D eigenvalue weighted by atomic mass is 10.1. The van der Waals surface area contributed by atoms with Crippen LogP contribution in [-0.4, -0.2) is 37.2 Å². The summed E-state index contributed by atoms with van der Waals surface area (Å²) in [6.07, 6.45) is 84.3. The molecule has 0 aromatic heterocycles. The van der Waals surface area contributed by atoms with Crippen molar-refractivity contribution in [2.45, 2.75) is 309 Å². The third-order valence-corrected chi connectivity index (χ3v) is 13.6. The summed E-state index contributed by atoms with van der Waals surface area (Å²) in [5, 5.41) is 0. The van der Waals surface area contributed by atoms with Gasteiger partial charge < -0.3 is 14.2 Å². The highest BCUT2D eigenvalue weighted by molar-refractivity contribution is 5.71. The van der Waals surface area contributed by atoms with Gasteiger partial charge in [0.25, 0.3) is 0 Å². The Balaban J connectivity index is 4.17. The Bertz CT molecular complexity index is 1480. The van der Waals surface area contributed by atoms with E-state index in [1.165, 1.54) is 154 Å². The Morgan fingerprint density at radius 1 is 0.280 bits per heavy atom. The van der Waals surface area contributed by atoms with Crippen LogP contribution in [0.25, 0.3) is 0 Å². The Labute approximate surface area is 464 Å². The van der Waals surface area contributed by atoms with Gasteiger partial charge in [-0.3, -0.25) is 14.4 Å². The Morgan fingerprint density at radius 2 is 0.520 bits per heavy atom. The number of hydrogen-bond donors (Lipinski definition) is 0. The molecule has 0 rings (SSSR count). The Kier molecular flexibility index (Phi) is 59.8. The molecule has 0 aromatic carbocycles. The van der Waals surface area contributed by atoms with E-state index in [4.69, 9.17) is 14.2 Å². The number of allylic oxidation sites excluding steroid dienone is 16. The van der Waals surface area contributed by atoms with Crippen molar-refractivity contribution in [1.29, 1.82) is 0 Å². The summed E-state index contributed by atoms with van der Waals surface area (Å²) in [6, 6.07) is 0. The van der Waals surface area contributed by atoms with Gasteiger partial charge in [-0.1, -0.05) is 279 Å². The molecular formula is C69H118O6. The molecule has 0 aliphatic rings. The fourth-order valence-electron chi connectivity index (χ4n) is 8.83. The summed E-state index contributed by atoms with van der Waals surface area (Å²) in [6.45, 7) is 6.51. The Morgan fingerprint density at radius 3 is 0.827 bits per heavy atom. The van der Waals surface area contributed by atoms with E-state index in [0.29, 0.717) is 19.3 Å². The Hall–Kier alpha value is -3.67. The van der Waals surface area contributed by atoms with E-state index >= 15 is 0 Å². The molecule has 0 saturated heterocycles. The van der Waals surface area contributed by atoms with Gasteiger partial charge in [-0.15, -0.1) is 0 Å². The van der Waals surface area contributed by atoms with E-state index in [-0.39, 0.29) is 31.1 Å². The fourth-order valence-corrected chi connectivity index (χ4v) is 8.83. The first-order chi connectivity index (χ1) is 37.0. The zero-order valence-electron chi connectivity index (χ0n) is 49.3. The van der Waals surface area contributed by atoms with Gasteiger partial charge in [-0.05, 0) is 103 Å². The van der Waals surface area contributed by atoms with Crippen LogP contribution in [0.15, 0.2) is 97.2 Å². The minimum atomic E-state index is -0.780. The van der Waals surface area contributed by atoms with Crippen molar-refractivity contribution in [2.24, 2.45) is 0 Å². The maximum Gasteiger partial charge on any atom is 0.306 e. The molecule has 0 radical (unpaired) electrons. The number of rotatable bonds is 57. The first-order valence-electron chi connectivity index (χ1n) is 31.7. The minimum Gasteiger partial charge on any atom is -0.462 e. The highest BCUT2D eigenvalue weighted by atomic mass is 16.6. The van der Waals surface area contributed by atoms with Crippen molar-refractivity contribution in [1.82, 2.24) is 0 Å². The van der Waals surface area contributed by atoms with E-state index in [1.54, 1.807) is 0 Å². The average Bonchev–Trinajstić information content (AvgIpc) is 3.41. The first kappa shape index (κ1) is 71.3. The third-order valence-electron chi connectivity index (χ3n) is 13.6. The number of hydrogen-bond acceptors (Lipinski definition) is 6. The number of carbonyl (C=O) groups excluding carboxylic acids is 3. The number of ether oxygens (including phenoxy) is 3. The molecule has 1 unspecified atom stereocenters. The van der Waals surface area contributed by atoms with Crippen molar-refractivity contribution < 1.29 is 28.6 Å². The largest absolute Gasteiger partial charge is 0.462 e. The summed E-state index contributed by atoms with van der Waals surface area (Å²) in [4.78, 5) is 38.1. The number of carbonyl (C=O) groups is 3. The van der Waals surface area contributed by atoms with Crippen LogP contribution < -0.4 is 0 Å². The summed E-state index contributed by atoms with van der Waals surface area (Å²) in [7, 11) is 0. The van der Waals surface area contributed by atoms with Gasteiger partial charge >= 0.3 is 17.9 Å². The van der Waals surface area contributed by atoms with Crippen molar-refractivity contribution in [2.75, 3.05) is 13.2 Å². The van der Waals surface area contributed by atoms with E-state index in [2.05, 4.69) is 118 Å². The molecule has 0 aliphatic carbocycles. The van der Waals surface area contributed by atoms with E-state index in [0.717, 1.165) is 109 Å². The molecule has 0 amide bonds. The quantitative estimate of drug-likeness (QED) is 0.0261. The smallest absolute Gasteiger partial charge is 0.306 e.